The van der Waals surface area contributed by atoms with Crippen molar-refractivity contribution in [3.63, 3.8) is 0 Å². The van der Waals surface area contributed by atoms with Crippen molar-refractivity contribution in [3.8, 4) is 0 Å². The Morgan fingerprint density at radius 1 is 1.12 bits per heavy atom. The molecule has 1 aliphatic carbocycles. The van der Waals surface area contributed by atoms with Gasteiger partial charge in [0, 0.05) is 0 Å². The van der Waals surface area contributed by atoms with Crippen molar-refractivity contribution in [2.75, 3.05) is 0 Å². The maximum atomic E-state index is 10.0. The van der Waals surface area contributed by atoms with Crippen LogP contribution in [0.2, 0.25) is 0 Å². The van der Waals surface area contributed by atoms with Crippen LogP contribution in [0.4, 0.5) is 0 Å². The van der Waals surface area contributed by atoms with Gasteiger partial charge in [-0.2, -0.15) is 0 Å². The Morgan fingerprint density at radius 3 is 2.38 bits per heavy atom. The fraction of sp³-hybridized carbons (Fsp3) is 1.00. The number of hydrogen-bond acceptors (Lipinski definition) is 1. The van der Waals surface area contributed by atoms with E-state index in [-0.39, 0.29) is 6.10 Å². The highest BCUT2D eigenvalue weighted by Gasteiger charge is 2.29. The molecule has 0 aromatic carbocycles. The topological polar surface area (TPSA) is 20.2 Å². The van der Waals surface area contributed by atoms with Gasteiger partial charge in [-0.15, -0.1) is 0 Å². The molecule has 0 spiro atoms. The summed E-state index contributed by atoms with van der Waals surface area (Å²) in [5, 5.41) is 10.0. The smallest absolute Gasteiger partial charge is 0.0568 e. The van der Waals surface area contributed by atoms with Crippen LogP contribution < -0.4 is 0 Å². The van der Waals surface area contributed by atoms with Crippen LogP contribution in [-0.2, 0) is 0 Å². The SMILES string of the molecule is CC(C)CCCC1CC(C(C)C)CCC1O. The van der Waals surface area contributed by atoms with E-state index in [2.05, 4.69) is 27.7 Å². The minimum atomic E-state index is -0.0119. The summed E-state index contributed by atoms with van der Waals surface area (Å²) in [6.07, 6.45) is 7.37. The van der Waals surface area contributed by atoms with E-state index in [1.807, 2.05) is 0 Å². The van der Waals surface area contributed by atoms with Crippen LogP contribution in [0.5, 0.6) is 0 Å². The predicted octanol–water partition coefficient (Wildman–Crippen LogP) is 4.25. The minimum absolute atomic E-state index is 0.0119. The van der Waals surface area contributed by atoms with Crippen molar-refractivity contribution in [1.82, 2.24) is 0 Å². The Hall–Kier alpha value is -0.0400. The summed E-state index contributed by atoms with van der Waals surface area (Å²) >= 11 is 0. The lowest BCUT2D eigenvalue weighted by molar-refractivity contribution is 0.0320. The average molecular weight is 226 g/mol. The van der Waals surface area contributed by atoms with Crippen molar-refractivity contribution in [1.29, 1.82) is 0 Å². The van der Waals surface area contributed by atoms with Gasteiger partial charge in [0.05, 0.1) is 6.10 Å². The van der Waals surface area contributed by atoms with Gasteiger partial charge in [0.25, 0.3) is 0 Å². The molecule has 3 atom stereocenters. The standard InChI is InChI=1S/C15H30O/c1-11(2)6-5-7-14-10-13(12(3)4)8-9-15(14)16/h11-16H,5-10H2,1-4H3. The van der Waals surface area contributed by atoms with E-state index in [4.69, 9.17) is 0 Å². The molecule has 3 unspecified atom stereocenters. The molecule has 0 bridgehead atoms. The van der Waals surface area contributed by atoms with E-state index in [1.165, 1.54) is 32.1 Å². The molecule has 16 heavy (non-hydrogen) atoms. The first-order valence-electron chi connectivity index (χ1n) is 7.18. The molecule has 0 aliphatic heterocycles. The van der Waals surface area contributed by atoms with E-state index in [0.29, 0.717) is 5.92 Å². The van der Waals surface area contributed by atoms with Gasteiger partial charge in [0.15, 0.2) is 0 Å². The maximum absolute atomic E-state index is 10.0. The molecule has 0 heterocycles. The quantitative estimate of drug-likeness (QED) is 0.743. The van der Waals surface area contributed by atoms with Gasteiger partial charge in [-0.25, -0.2) is 0 Å². The van der Waals surface area contributed by atoms with Crippen LogP contribution in [0.1, 0.15) is 66.2 Å². The minimum Gasteiger partial charge on any atom is -0.393 e. The zero-order valence-corrected chi connectivity index (χ0v) is 11.6. The monoisotopic (exact) mass is 226 g/mol. The van der Waals surface area contributed by atoms with E-state index in [0.717, 1.165) is 24.2 Å². The van der Waals surface area contributed by atoms with Crippen LogP contribution in [0.25, 0.3) is 0 Å². The third kappa shape index (κ3) is 4.45. The fourth-order valence-electron chi connectivity index (χ4n) is 2.99. The molecule has 1 rings (SSSR count). The van der Waals surface area contributed by atoms with Gasteiger partial charge in [0.2, 0.25) is 0 Å². The zero-order chi connectivity index (χ0) is 12.1. The summed E-state index contributed by atoms with van der Waals surface area (Å²) in [5.74, 6) is 3.04. The second-order valence-electron chi connectivity index (χ2n) is 6.47. The Bertz CT molecular complexity index is 186. The molecule has 1 aliphatic rings. The number of aliphatic hydroxyl groups excluding tert-OH is 1. The highest BCUT2D eigenvalue weighted by atomic mass is 16.3. The molecular weight excluding hydrogens is 196 g/mol. The van der Waals surface area contributed by atoms with Crippen molar-refractivity contribution in [2.45, 2.75) is 72.3 Å². The number of aliphatic hydroxyl groups is 1. The molecule has 0 radical (unpaired) electrons. The van der Waals surface area contributed by atoms with Gasteiger partial charge in [-0.3, -0.25) is 0 Å². The van der Waals surface area contributed by atoms with Crippen molar-refractivity contribution < 1.29 is 5.11 Å². The lowest BCUT2D eigenvalue weighted by Crippen LogP contribution is -2.31. The van der Waals surface area contributed by atoms with Crippen LogP contribution in [0.3, 0.4) is 0 Å². The largest absolute Gasteiger partial charge is 0.393 e. The van der Waals surface area contributed by atoms with Crippen LogP contribution in [0, 0.1) is 23.7 Å². The molecule has 0 aromatic rings. The van der Waals surface area contributed by atoms with Gasteiger partial charge >= 0.3 is 0 Å². The fourth-order valence-corrected chi connectivity index (χ4v) is 2.99. The molecule has 1 N–H and O–H groups in total. The average Bonchev–Trinajstić information content (AvgIpc) is 2.20. The first-order valence-corrected chi connectivity index (χ1v) is 7.18. The second kappa shape index (κ2) is 6.64. The highest BCUT2D eigenvalue weighted by Crippen LogP contribution is 2.36. The summed E-state index contributed by atoms with van der Waals surface area (Å²) in [7, 11) is 0. The van der Waals surface area contributed by atoms with Gasteiger partial charge < -0.3 is 5.11 Å². The zero-order valence-electron chi connectivity index (χ0n) is 11.6. The lowest BCUT2D eigenvalue weighted by atomic mass is 9.73. The second-order valence-corrected chi connectivity index (χ2v) is 6.47. The van der Waals surface area contributed by atoms with Gasteiger partial charge in [-0.1, -0.05) is 40.5 Å². The molecule has 1 heteroatoms. The highest BCUT2D eigenvalue weighted by molar-refractivity contribution is 4.81. The Kier molecular flexibility index (Phi) is 5.82. The molecule has 0 aromatic heterocycles. The normalized spacial score (nSPS) is 31.3. The van der Waals surface area contributed by atoms with E-state index >= 15 is 0 Å². The van der Waals surface area contributed by atoms with Crippen molar-refractivity contribution >= 4 is 0 Å². The van der Waals surface area contributed by atoms with Crippen molar-refractivity contribution in [2.24, 2.45) is 23.7 Å². The van der Waals surface area contributed by atoms with E-state index in [9.17, 15) is 5.11 Å². The molecule has 1 saturated carbocycles. The van der Waals surface area contributed by atoms with Crippen molar-refractivity contribution in [3.05, 3.63) is 0 Å². The van der Waals surface area contributed by atoms with Crippen LogP contribution >= 0.6 is 0 Å². The predicted molar refractivity (Wildman–Crippen MR) is 70.4 cm³/mol. The summed E-state index contributed by atoms with van der Waals surface area (Å²) < 4.78 is 0. The van der Waals surface area contributed by atoms with Gasteiger partial charge in [0.1, 0.15) is 0 Å². The summed E-state index contributed by atoms with van der Waals surface area (Å²) in [5.41, 5.74) is 0. The van der Waals surface area contributed by atoms with Crippen LogP contribution in [0.15, 0.2) is 0 Å². The van der Waals surface area contributed by atoms with Crippen LogP contribution in [-0.4, -0.2) is 11.2 Å². The van der Waals surface area contributed by atoms with Gasteiger partial charge in [-0.05, 0) is 49.4 Å². The molecule has 0 amide bonds. The number of rotatable bonds is 5. The Morgan fingerprint density at radius 2 is 1.81 bits per heavy atom. The lowest BCUT2D eigenvalue weighted by Gasteiger charge is -2.35. The molecule has 96 valence electrons. The summed E-state index contributed by atoms with van der Waals surface area (Å²) in [4.78, 5) is 0. The Labute approximate surface area is 102 Å². The molecular formula is C15H30O. The molecule has 1 fully saturated rings. The third-order valence-electron chi connectivity index (χ3n) is 4.28. The summed E-state index contributed by atoms with van der Waals surface area (Å²) in [6, 6.07) is 0. The van der Waals surface area contributed by atoms with E-state index in [1.54, 1.807) is 0 Å². The maximum Gasteiger partial charge on any atom is 0.0568 e. The molecule has 0 saturated heterocycles. The molecule has 1 nitrogen and oxygen atoms in total. The first-order chi connectivity index (χ1) is 7.50. The third-order valence-corrected chi connectivity index (χ3v) is 4.28. The number of hydrogen-bond donors (Lipinski definition) is 1. The van der Waals surface area contributed by atoms with E-state index < -0.39 is 0 Å². The summed E-state index contributed by atoms with van der Waals surface area (Å²) in [6.45, 7) is 9.23. The first kappa shape index (κ1) is 14.0. The Balaban J connectivity index is 2.32.